The molecule has 5 nitrogen and oxygen atoms in total. The van der Waals surface area contributed by atoms with Crippen LogP contribution in [0.5, 0.6) is 0 Å². The summed E-state index contributed by atoms with van der Waals surface area (Å²) < 4.78 is 10.6. The maximum absolute atomic E-state index is 11.9. The van der Waals surface area contributed by atoms with Gasteiger partial charge in [-0.25, -0.2) is 9.79 Å². The zero-order valence-electron chi connectivity index (χ0n) is 12.1. The van der Waals surface area contributed by atoms with Gasteiger partial charge in [0.2, 0.25) is 5.90 Å². The average Bonchev–Trinajstić information content (AvgIpc) is 3.02. The molecule has 0 amide bonds. The highest BCUT2D eigenvalue weighted by Crippen LogP contribution is 2.23. The summed E-state index contributed by atoms with van der Waals surface area (Å²) >= 11 is 0. The zero-order valence-corrected chi connectivity index (χ0v) is 12.1. The summed E-state index contributed by atoms with van der Waals surface area (Å²) in [5.41, 5.74) is 2.10. The van der Waals surface area contributed by atoms with Crippen LogP contribution in [-0.2, 0) is 9.53 Å². The summed E-state index contributed by atoms with van der Waals surface area (Å²) in [7, 11) is 0. The lowest BCUT2D eigenvalue weighted by Crippen LogP contribution is -2.05. The van der Waals surface area contributed by atoms with E-state index >= 15 is 0 Å². The van der Waals surface area contributed by atoms with Crippen molar-refractivity contribution in [1.29, 1.82) is 5.26 Å². The average molecular weight is 292 g/mol. The van der Waals surface area contributed by atoms with Crippen LogP contribution in [0.2, 0.25) is 0 Å². The Balaban J connectivity index is 1.98. The number of nitrogens with zero attached hydrogens (tertiary/aromatic N) is 2. The van der Waals surface area contributed by atoms with Gasteiger partial charge >= 0.3 is 5.97 Å². The maximum Gasteiger partial charge on any atom is 0.363 e. The molecular weight excluding hydrogens is 280 g/mol. The quantitative estimate of drug-likeness (QED) is 0.629. The standard InChI is InChI=1S/C17H12N2O3/c1-10-6-14(11(2)21-10)16-19-15(17(20)22-16)8-12-4-3-5-13(7-12)9-18/h3-8H,1-2H3/b15-8+. The lowest BCUT2D eigenvalue weighted by atomic mass is 10.1. The first-order valence-electron chi connectivity index (χ1n) is 6.67. The number of aliphatic imine (C=N–C) groups is 1. The molecule has 5 heteroatoms. The molecule has 1 aliphatic rings. The molecule has 0 bridgehead atoms. The molecule has 0 spiro atoms. The number of furan rings is 1. The van der Waals surface area contributed by atoms with Crippen molar-refractivity contribution >= 4 is 17.9 Å². The molecule has 0 aliphatic carbocycles. The van der Waals surface area contributed by atoms with Gasteiger partial charge in [0, 0.05) is 0 Å². The van der Waals surface area contributed by atoms with Gasteiger partial charge in [-0.05, 0) is 43.7 Å². The number of benzene rings is 1. The van der Waals surface area contributed by atoms with Crippen molar-refractivity contribution < 1.29 is 13.9 Å². The zero-order chi connectivity index (χ0) is 15.7. The van der Waals surface area contributed by atoms with Crippen molar-refractivity contribution in [2.75, 3.05) is 0 Å². The Morgan fingerprint density at radius 3 is 2.77 bits per heavy atom. The summed E-state index contributed by atoms with van der Waals surface area (Å²) in [6.07, 6.45) is 1.60. The van der Waals surface area contributed by atoms with Gasteiger partial charge in [0.1, 0.15) is 11.5 Å². The number of nitriles is 1. The highest BCUT2D eigenvalue weighted by molar-refractivity contribution is 6.13. The number of cyclic esters (lactones) is 1. The summed E-state index contributed by atoms with van der Waals surface area (Å²) in [5.74, 6) is 1.10. The second kappa shape index (κ2) is 5.34. The van der Waals surface area contributed by atoms with Crippen LogP contribution in [-0.4, -0.2) is 11.9 Å². The van der Waals surface area contributed by atoms with E-state index < -0.39 is 5.97 Å². The van der Waals surface area contributed by atoms with Crippen LogP contribution in [0.4, 0.5) is 0 Å². The second-order valence-corrected chi connectivity index (χ2v) is 4.90. The van der Waals surface area contributed by atoms with E-state index in [0.717, 1.165) is 11.3 Å². The molecule has 1 aromatic heterocycles. The number of ether oxygens (including phenoxy) is 1. The lowest BCUT2D eigenvalue weighted by Gasteiger charge is -1.95. The number of carbonyl (C=O) groups is 1. The normalized spacial score (nSPS) is 15.6. The summed E-state index contributed by atoms with van der Waals surface area (Å²) in [5, 5.41) is 8.90. The van der Waals surface area contributed by atoms with Crippen molar-refractivity contribution in [3.05, 3.63) is 64.2 Å². The minimum Gasteiger partial charge on any atom is -0.466 e. The molecule has 0 atom stereocenters. The fourth-order valence-corrected chi connectivity index (χ4v) is 2.22. The smallest absolute Gasteiger partial charge is 0.363 e. The number of carbonyl (C=O) groups excluding carboxylic acids is 1. The fraction of sp³-hybridized carbons (Fsp3) is 0.118. The van der Waals surface area contributed by atoms with Crippen molar-refractivity contribution in [1.82, 2.24) is 0 Å². The van der Waals surface area contributed by atoms with Crippen molar-refractivity contribution in [3.8, 4) is 6.07 Å². The van der Waals surface area contributed by atoms with E-state index in [0.29, 0.717) is 16.9 Å². The first-order chi connectivity index (χ1) is 10.6. The maximum atomic E-state index is 11.9. The van der Waals surface area contributed by atoms with E-state index in [1.165, 1.54) is 0 Å². The number of aryl methyl sites for hydroxylation is 2. The topological polar surface area (TPSA) is 75.6 Å². The number of rotatable bonds is 2. The minimum atomic E-state index is -0.518. The van der Waals surface area contributed by atoms with Gasteiger partial charge in [-0.3, -0.25) is 0 Å². The molecule has 0 saturated heterocycles. The number of esters is 1. The van der Waals surface area contributed by atoms with E-state index in [-0.39, 0.29) is 11.6 Å². The molecule has 0 radical (unpaired) electrons. The van der Waals surface area contributed by atoms with Crippen LogP contribution in [0.3, 0.4) is 0 Å². The van der Waals surface area contributed by atoms with Gasteiger partial charge in [-0.15, -0.1) is 0 Å². The summed E-state index contributed by atoms with van der Waals surface area (Å²) in [4.78, 5) is 16.2. The number of hydrogen-bond acceptors (Lipinski definition) is 5. The molecule has 0 N–H and O–H groups in total. The second-order valence-electron chi connectivity index (χ2n) is 4.90. The monoisotopic (exact) mass is 292 g/mol. The predicted molar refractivity (Wildman–Crippen MR) is 79.9 cm³/mol. The molecule has 2 heterocycles. The first-order valence-corrected chi connectivity index (χ1v) is 6.67. The van der Waals surface area contributed by atoms with E-state index in [9.17, 15) is 4.79 Å². The van der Waals surface area contributed by atoms with Crippen molar-refractivity contribution in [3.63, 3.8) is 0 Å². The van der Waals surface area contributed by atoms with Gasteiger partial charge < -0.3 is 9.15 Å². The van der Waals surface area contributed by atoms with Crippen molar-refractivity contribution in [2.24, 2.45) is 4.99 Å². The van der Waals surface area contributed by atoms with E-state index in [4.69, 9.17) is 14.4 Å². The van der Waals surface area contributed by atoms with E-state index in [1.807, 2.05) is 6.92 Å². The minimum absolute atomic E-state index is 0.198. The Labute approximate surface area is 127 Å². The van der Waals surface area contributed by atoms with Crippen LogP contribution in [0, 0.1) is 25.2 Å². The van der Waals surface area contributed by atoms with Crippen LogP contribution >= 0.6 is 0 Å². The largest absolute Gasteiger partial charge is 0.466 e. The van der Waals surface area contributed by atoms with Gasteiger partial charge in [-0.2, -0.15) is 5.26 Å². The number of hydrogen-bond donors (Lipinski definition) is 0. The van der Waals surface area contributed by atoms with Gasteiger partial charge in [0.05, 0.1) is 17.2 Å². The van der Waals surface area contributed by atoms with Crippen LogP contribution in [0.15, 0.2) is 45.4 Å². The van der Waals surface area contributed by atoms with Crippen LogP contribution < -0.4 is 0 Å². The highest BCUT2D eigenvalue weighted by atomic mass is 16.6. The van der Waals surface area contributed by atoms with Gasteiger partial charge in [0.15, 0.2) is 5.70 Å². The molecule has 22 heavy (non-hydrogen) atoms. The molecule has 1 aromatic carbocycles. The van der Waals surface area contributed by atoms with Gasteiger partial charge in [0.25, 0.3) is 0 Å². The Kier molecular flexibility index (Phi) is 3.36. The Morgan fingerprint density at radius 1 is 1.27 bits per heavy atom. The lowest BCUT2D eigenvalue weighted by molar-refractivity contribution is -0.129. The Morgan fingerprint density at radius 2 is 2.09 bits per heavy atom. The third-order valence-electron chi connectivity index (χ3n) is 3.21. The first kappa shape index (κ1) is 13.8. The molecule has 1 aliphatic heterocycles. The predicted octanol–water partition coefficient (Wildman–Crippen LogP) is 3.11. The van der Waals surface area contributed by atoms with E-state index in [2.05, 4.69) is 11.1 Å². The molecular formula is C17H12N2O3. The summed E-state index contributed by atoms with van der Waals surface area (Å²) in [6, 6.07) is 10.8. The Bertz CT molecular complexity index is 866. The Hall–Kier alpha value is -3.13. The SMILES string of the molecule is Cc1cc(C2=N/C(=C/c3cccc(C#N)c3)C(=O)O2)c(C)o1. The third-order valence-corrected chi connectivity index (χ3v) is 3.21. The molecule has 108 valence electrons. The highest BCUT2D eigenvalue weighted by Gasteiger charge is 2.26. The molecule has 0 unspecified atom stereocenters. The van der Waals surface area contributed by atoms with Crippen molar-refractivity contribution in [2.45, 2.75) is 13.8 Å². The van der Waals surface area contributed by atoms with Crippen LogP contribution in [0.1, 0.15) is 28.2 Å². The molecule has 0 saturated carbocycles. The van der Waals surface area contributed by atoms with E-state index in [1.54, 1.807) is 43.3 Å². The van der Waals surface area contributed by atoms with Gasteiger partial charge in [-0.1, -0.05) is 12.1 Å². The molecule has 0 fully saturated rings. The molecule has 3 rings (SSSR count). The third kappa shape index (κ3) is 2.54. The summed E-state index contributed by atoms with van der Waals surface area (Å²) in [6.45, 7) is 3.61. The molecule has 2 aromatic rings. The fourth-order valence-electron chi connectivity index (χ4n) is 2.22. The van der Waals surface area contributed by atoms with Crippen LogP contribution in [0.25, 0.3) is 6.08 Å².